The summed E-state index contributed by atoms with van der Waals surface area (Å²) in [6.07, 6.45) is 0.599. The van der Waals surface area contributed by atoms with Gasteiger partial charge in [0.2, 0.25) is 0 Å². The molecule has 0 bridgehead atoms. The molecule has 0 fully saturated rings. The van der Waals surface area contributed by atoms with Crippen LogP contribution in [0.2, 0.25) is 0 Å². The van der Waals surface area contributed by atoms with E-state index >= 15 is 0 Å². The number of hydrogen-bond acceptors (Lipinski definition) is 8. The monoisotopic (exact) mass is 443 g/mol. The number of non-ortho nitro benzene ring substituents is 1. The first-order valence-electron chi connectivity index (χ1n) is 9.70. The van der Waals surface area contributed by atoms with Crippen molar-refractivity contribution in [2.75, 3.05) is 20.3 Å². The number of benzene rings is 2. The van der Waals surface area contributed by atoms with Crippen molar-refractivity contribution in [3.8, 4) is 5.75 Å². The fraction of sp³-hybridized carbons (Fsp3) is 0.273. The van der Waals surface area contributed by atoms with Gasteiger partial charge in [0, 0.05) is 25.2 Å². The Morgan fingerprint density at radius 1 is 1.09 bits per heavy atom. The van der Waals surface area contributed by atoms with E-state index in [9.17, 15) is 19.7 Å². The van der Waals surface area contributed by atoms with E-state index in [2.05, 4.69) is 17.2 Å². The van der Waals surface area contributed by atoms with Crippen LogP contribution in [-0.4, -0.2) is 43.3 Å². The summed E-state index contributed by atoms with van der Waals surface area (Å²) in [6, 6.07) is 12.0. The quantitative estimate of drug-likeness (QED) is 0.222. The van der Waals surface area contributed by atoms with Gasteiger partial charge in [-0.3, -0.25) is 10.1 Å². The van der Waals surface area contributed by atoms with E-state index in [1.165, 1.54) is 30.3 Å². The molecule has 0 saturated carbocycles. The van der Waals surface area contributed by atoms with E-state index < -0.39 is 23.0 Å². The molecule has 0 aliphatic heterocycles. The third kappa shape index (κ3) is 8.07. The molecule has 1 amide bonds. The number of nitro groups is 1. The van der Waals surface area contributed by atoms with Crippen LogP contribution in [-0.2, 0) is 27.4 Å². The molecule has 2 aromatic rings. The standard InChI is InChI=1S/C22H25N3O7/c1-3-12-31-21(26)20(14-23-13-16-6-10-19(30-2)11-7-16)24-22(27)32-15-17-4-8-18(9-5-17)25(28)29/h3-11,20,23H,1,12-15H2,2H3,(H,24,27)/t20-/m0/s1. The summed E-state index contributed by atoms with van der Waals surface area (Å²) in [5, 5.41) is 16.3. The van der Waals surface area contributed by atoms with Gasteiger partial charge in [-0.1, -0.05) is 24.8 Å². The number of hydrogen-bond donors (Lipinski definition) is 2. The first-order chi connectivity index (χ1) is 15.4. The average Bonchev–Trinajstić information content (AvgIpc) is 2.81. The maximum atomic E-state index is 12.3. The molecule has 0 radical (unpaired) electrons. The van der Waals surface area contributed by atoms with Gasteiger partial charge in [0.15, 0.2) is 0 Å². The zero-order valence-electron chi connectivity index (χ0n) is 17.6. The number of rotatable bonds is 12. The van der Waals surface area contributed by atoms with Gasteiger partial charge in [-0.2, -0.15) is 0 Å². The Balaban J connectivity index is 1.88. The van der Waals surface area contributed by atoms with E-state index in [0.29, 0.717) is 12.1 Å². The summed E-state index contributed by atoms with van der Waals surface area (Å²) in [5.74, 6) is 0.0940. The van der Waals surface area contributed by atoms with Crippen molar-refractivity contribution in [2.45, 2.75) is 19.2 Å². The second-order valence-corrected chi connectivity index (χ2v) is 6.59. The summed E-state index contributed by atoms with van der Waals surface area (Å²) >= 11 is 0. The lowest BCUT2D eigenvalue weighted by Crippen LogP contribution is -2.48. The number of nitrogens with one attached hydrogen (secondary N) is 2. The van der Waals surface area contributed by atoms with Gasteiger partial charge in [-0.05, 0) is 35.4 Å². The topological polar surface area (TPSA) is 129 Å². The lowest BCUT2D eigenvalue weighted by molar-refractivity contribution is -0.384. The molecular formula is C22H25N3O7. The van der Waals surface area contributed by atoms with Crippen molar-refractivity contribution in [3.63, 3.8) is 0 Å². The first-order valence-corrected chi connectivity index (χ1v) is 9.70. The van der Waals surface area contributed by atoms with Gasteiger partial charge in [0.05, 0.1) is 12.0 Å². The summed E-state index contributed by atoms with van der Waals surface area (Å²) in [7, 11) is 1.58. The number of alkyl carbamates (subject to hydrolysis) is 1. The second kappa shape index (κ2) is 12.7. The fourth-order valence-electron chi connectivity index (χ4n) is 2.59. The van der Waals surface area contributed by atoms with Crippen LogP contribution in [0, 0.1) is 10.1 Å². The highest BCUT2D eigenvalue weighted by molar-refractivity contribution is 5.81. The van der Waals surface area contributed by atoms with E-state index in [1.807, 2.05) is 24.3 Å². The zero-order valence-corrected chi connectivity index (χ0v) is 17.6. The number of nitrogens with zero attached hydrogens (tertiary/aromatic N) is 1. The van der Waals surface area contributed by atoms with Gasteiger partial charge in [-0.15, -0.1) is 0 Å². The summed E-state index contributed by atoms with van der Waals surface area (Å²) < 4.78 is 15.3. The van der Waals surface area contributed by atoms with Crippen molar-refractivity contribution in [1.29, 1.82) is 0 Å². The molecule has 0 aliphatic carbocycles. The molecule has 2 aromatic carbocycles. The lowest BCUT2D eigenvalue weighted by atomic mass is 10.2. The van der Waals surface area contributed by atoms with Crippen LogP contribution in [0.25, 0.3) is 0 Å². The molecule has 0 unspecified atom stereocenters. The molecule has 0 spiro atoms. The Hall–Kier alpha value is -3.92. The minimum atomic E-state index is -0.988. The number of nitro benzene ring substituents is 1. The molecule has 0 saturated heterocycles. The van der Waals surface area contributed by atoms with Crippen LogP contribution in [0.5, 0.6) is 5.75 Å². The molecule has 10 heteroatoms. The Morgan fingerprint density at radius 3 is 2.34 bits per heavy atom. The largest absolute Gasteiger partial charge is 0.497 e. The van der Waals surface area contributed by atoms with Crippen molar-refractivity contribution >= 4 is 17.7 Å². The third-order valence-corrected chi connectivity index (χ3v) is 4.27. The highest BCUT2D eigenvalue weighted by atomic mass is 16.6. The molecule has 1 atom stereocenters. The third-order valence-electron chi connectivity index (χ3n) is 4.27. The Labute approximate surface area is 185 Å². The van der Waals surface area contributed by atoms with E-state index in [1.54, 1.807) is 7.11 Å². The molecule has 0 aliphatic rings. The summed E-state index contributed by atoms with van der Waals surface area (Å²) in [4.78, 5) is 34.6. The summed E-state index contributed by atoms with van der Waals surface area (Å²) in [5.41, 5.74) is 1.46. The predicted octanol–water partition coefficient (Wildman–Crippen LogP) is 2.72. The van der Waals surface area contributed by atoms with Crippen LogP contribution in [0.3, 0.4) is 0 Å². The summed E-state index contributed by atoms with van der Waals surface area (Å²) in [6.45, 7) is 3.94. The van der Waals surface area contributed by atoms with Gasteiger partial charge in [0.1, 0.15) is 25.0 Å². The van der Waals surface area contributed by atoms with Crippen LogP contribution >= 0.6 is 0 Å². The molecule has 2 rings (SSSR count). The van der Waals surface area contributed by atoms with Crippen molar-refractivity contribution < 1.29 is 28.7 Å². The number of esters is 1. The molecule has 2 N–H and O–H groups in total. The minimum absolute atomic E-state index is 0.00728. The predicted molar refractivity (Wildman–Crippen MR) is 116 cm³/mol. The van der Waals surface area contributed by atoms with Crippen molar-refractivity contribution in [1.82, 2.24) is 10.6 Å². The van der Waals surface area contributed by atoms with E-state index in [0.717, 1.165) is 11.3 Å². The highest BCUT2D eigenvalue weighted by Crippen LogP contribution is 2.13. The van der Waals surface area contributed by atoms with Crippen molar-refractivity contribution in [2.24, 2.45) is 0 Å². The molecule has 0 aromatic heterocycles. The number of methoxy groups -OCH3 is 1. The lowest BCUT2D eigenvalue weighted by Gasteiger charge is -2.18. The Morgan fingerprint density at radius 2 is 1.75 bits per heavy atom. The Kier molecular flexibility index (Phi) is 9.67. The van der Waals surface area contributed by atoms with E-state index in [-0.39, 0.29) is 25.4 Å². The molecular weight excluding hydrogens is 418 g/mol. The van der Waals surface area contributed by atoms with Crippen LogP contribution < -0.4 is 15.4 Å². The maximum Gasteiger partial charge on any atom is 0.408 e. The van der Waals surface area contributed by atoms with Gasteiger partial charge < -0.3 is 24.8 Å². The highest BCUT2D eigenvalue weighted by Gasteiger charge is 2.22. The fourth-order valence-corrected chi connectivity index (χ4v) is 2.59. The molecule has 170 valence electrons. The number of carbonyl (C=O) groups excluding carboxylic acids is 2. The normalized spacial score (nSPS) is 11.2. The molecule has 32 heavy (non-hydrogen) atoms. The average molecular weight is 443 g/mol. The minimum Gasteiger partial charge on any atom is -0.497 e. The zero-order chi connectivity index (χ0) is 23.3. The van der Waals surface area contributed by atoms with Crippen LogP contribution in [0.15, 0.2) is 61.2 Å². The smallest absolute Gasteiger partial charge is 0.408 e. The van der Waals surface area contributed by atoms with Crippen LogP contribution in [0.1, 0.15) is 11.1 Å². The maximum absolute atomic E-state index is 12.3. The van der Waals surface area contributed by atoms with Crippen LogP contribution in [0.4, 0.5) is 10.5 Å². The Bertz CT molecular complexity index is 914. The van der Waals surface area contributed by atoms with Gasteiger partial charge >= 0.3 is 12.1 Å². The number of ether oxygens (including phenoxy) is 3. The van der Waals surface area contributed by atoms with Gasteiger partial charge in [0.25, 0.3) is 5.69 Å². The molecule has 0 heterocycles. The first kappa shape index (κ1) is 24.4. The number of amides is 1. The van der Waals surface area contributed by atoms with E-state index in [4.69, 9.17) is 14.2 Å². The van der Waals surface area contributed by atoms with Gasteiger partial charge in [-0.25, -0.2) is 9.59 Å². The molecule has 10 nitrogen and oxygen atoms in total. The second-order valence-electron chi connectivity index (χ2n) is 6.59. The van der Waals surface area contributed by atoms with Crippen molar-refractivity contribution in [3.05, 3.63) is 82.4 Å². The number of carbonyl (C=O) groups is 2. The SMILES string of the molecule is C=CCOC(=O)[C@H](CNCc1ccc(OC)cc1)NC(=O)OCc1ccc([N+](=O)[O-])cc1.